The number of carboxylic acid groups (broad SMARTS) is 1. The number of carbonyl (C=O) groups is 1. The van der Waals surface area contributed by atoms with Crippen LogP contribution >= 0.6 is 0 Å². The molecule has 0 atom stereocenters. The molecule has 1 fully saturated rings. The molecular formula is C19H24N2O2. The lowest BCUT2D eigenvalue weighted by atomic mass is 9.93. The number of nitrogens with one attached hydrogen (secondary N) is 1. The first-order chi connectivity index (χ1) is 11.2. The summed E-state index contributed by atoms with van der Waals surface area (Å²) < 4.78 is 0. The van der Waals surface area contributed by atoms with Crippen molar-refractivity contribution < 1.29 is 9.90 Å². The van der Waals surface area contributed by atoms with Crippen molar-refractivity contribution in [3.8, 4) is 0 Å². The highest BCUT2D eigenvalue weighted by Crippen LogP contribution is 2.22. The van der Waals surface area contributed by atoms with E-state index in [0.717, 1.165) is 38.9 Å². The standard InChI is InChI=1S/C19H24N2O2/c22-19(23)20-10-7-15-8-11-21(12-9-15)14-16-5-6-17-3-1-2-4-18(17)13-16/h1-6,13,15,20H,7-12,14H2,(H,22,23). The van der Waals surface area contributed by atoms with E-state index in [1.54, 1.807) is 0 Å². The second-order valence-corrected chi connectivity index (χ2v) is 6.42. The van der Waals surface area contributed by atoms with Crippen molar-refractivity contribution >= 4 is 16.9 Å². The molecule has 23 heavy (non-hydrogen) atoms. The van der Waals surface area contributed by atoms with Crippen LogP contribution in [0.5, 0.6) is 0 Å². The van der Waals surface area contributed by atoms with Crippen LogP contribution in [-0.2, 0) is 6.54 Å². The van der Waals surface area contributed by atoms with Crippen molar-refractivity contribution in [1.29, 1.82) is 0 Å². The maximum atomic E-state index is 10.5. The zero-order valence-corrected chi connectivity index (χ0v) is 13.4. The van der Waals surface area contributed by atoms with Gasteiger partial charge in [0.25, 0.3) is 0 Å². The van der Waals surface area contributed by atoms with Crippen molar-refractivity contribution in [2.24, 2.45) is 5.92 Å². The maximum Gasteiger partial charge on any atom is 0.404 e. The van der Waals surface area contributed by atoms with E-state index in [-0.39, 0.29) is 0 Å². The van der Waals surface area contributed by atoms with Crippen molar-refractivity contribution in [2.45, 2.75) is 25.8 Å². The van der Waals surface area contributed by atoms with Gasteiger partial charge < -0.3 is 10.4 Å². The Kier molecular flexibility index (Phi) is 5.13. The Morgan fingerprint density at radius 2 is 1.87 bits per heavy atom. The van der Waals surface area contributed by atoms with Crippen molar-refractivity contribution in [2.75, 3.05) is 19.6 Å². The molecule has 2 aromatic carbocycles. The Labute approximate surface area is 137 Å². The molecule has 122 valence electrons. The van der Waals surface area contributed by atoms with Gasteiger partial charge in [-0.2, -0.15) is 0 Å². The summed E-state index contributed by atoms with van der Waals surface area (Å²) in [6.45, 7) is 3.78. The number of piperidine rings is 1. The van der Waals surface area contributed by atoms with E-state index in [2.05, 4.69) is 52.7 Å². The number of nitrogens with zero attached hydrogens (tertiary/aromatic N) is 1. The molecule has 2 aromatic rings. The van der Waals surface area contributed by atoms with E-state index in [4.69, 9.17) is 5.11 Å². The number of rotatable bonds is 5. The third-order valence-corrected chi connectivity index (χ3v) is 4.76. The number of hydrogen-bond donors (Lipinski definition) is 2. The molecule has 4 heteroatoms. The molecule has 2 N–H and O–H groups in total. The molecule has 0 unspecified atom stereocenters. The van der Waals surface area contributed by atoms with E-state index in [1.165, 1.54) is 16.3 Å². The lowest BCUT2D eigenvalue weighted by Gasteiger charge is -2.32. The molecule has 1 aliphatic heterocycles. The summed E-state index contributed by atoms with van der Waals surface area (Å²) in [6, 6.07) is 15.2. The lowest BCUT2D eigenvalue weighted by molar-refractivity contribution is 0.169. The number of amides is 1. The van der Waals surface area contributed by atoms with E-state index in [0.29, 0.717) is 12.5 Å². The van der Waals surface area contributed by atoms with Gasteiger partial charge in [-0.3, -0.25) is 4.90 Å². The second-order valence-electron chi connectivity index (χ2n) is 6.42. The summed E-state index contributed by atoms with van der Waals surface area (Å²) in [7, 11) is 0. The number of hydrogen-bond acceptors (Lipinski definition) is 2. The highest BCUT2D eigenvalue weighted by molar-refractivity contribution is 5.82. The lowest BCUT2D eigenvalue weighted by Crippen LogP contribution is -2.34. The summed E-state index contributed by atoms with van der Waals surface area (Å²) in [4.78, 5) is 13.0. The van der Waals surface area contributed by atoms with Crippen LogP contribution in [-0.4, -0.2) is 35.7 Å². The molecule has 1 aliphatic rings. The topological polar surface area (TPSA) is 52.6 Å². The molecule has 0 bridgehead atoms. The predicted molar refractivity (Wildman–Crippen MR) is 92.6 cm³/mol. The van der Waals surface area contributed by atoms with Gasteiger partial charge in [0.1, 0.15) is 0 Å². The highest BCUT2D eigenvalue weighted by Gasteiger charge is 2.19. The SMILES string of the molecule is O=C(O)NCCC1CCN(Cc2ccc3ccccc3c2)CC1. The Bertz CT molecular complexity index is 663. The van der Waals surface area contributed by atoms with E-state index in [1.807, 2.05) is 0 Å². The van der Waals surface area contributed by atoms with Gasteiger partial charge in [-0.15, -0.1) is 0 Å². The smallest absolute Gasteiger partial charge is 0.404 e. The zero-order chi connectivity index (χ0) is 16.1. The molecule has 0 aromatic heterocycles. The summed E-state index contributed by atoms with van der Waals surface area (Å²) in [5.41, 5.74) is 1.37. The first kappa shape index (κ1) is 15.8. The molecule has 0 saturated carbocycles. The number of fused-ring (bicyclic) bond motifs is 1. The maximum absolute atomic E-state index is 10.5. The average Bonchev–Trinajstić information content (AvgIpc) is 2.56. The summed E-state index contributed by atoms with van der Waals surface area (Å²) in [5.74, 6) is 0.648. The predicted octanol–water partition coefficient (Wildman–Crippen LogP) is 3.71. The third-order valence-electron chi connectivity index (χ3n) is 4.76. The Morgan fingerprint density at radius 1 is 1.13 bits per heavy atom. The minimum Gasteiger partial charge on any atom is -0.465 e. The fourth-order valence-corrected chi connectivity index (χ4v) is 3.41. The molecular weight excluding hydrogens is 288 g/mol. The van der Waals surface area contributed by atoms with Gasteiger partial charge in [0, 0.05) is 13.1 Å². The minimum atomic E-state index is -0.918. The van der Waals surface area contributed by atoms with Crippen molar-refractivity contribution in [3.63, 3.8) is 0 Å². The molecule has 4 nitrogen and oxygen atoms in total. The monoisotopic (exact) mass is 312 g/mol. The average molecular weight is 312 g/mol. The Hall–Kier alpha value is -2.07. The van der Waals surface area contributed by atoms with E-state index >= 15 is 0 Å². The molecule has 1 amide bonds. The molecule has 0 spiro atoms. The Morgan fingerprint density at radius 3 is 2.61 bits per heavy atom. The van der Waals surface area contributed by atoms with Gasteiger partial charge >= 0.3 is 6.09 Å². The van der Waals surface area contributed by atoms with Gasteiger partial charge in [-0.1, -0.05) is 36.4 Å². The fraction of sp³-hybridized carbons (Fsp3) is 0.421. The first-order valence-electron chi connectivity index (χ1n) is 8.37. The van der Waals surface area contributed by atoms with Crippen molar-refractivity contribution in [3.05, 3.63) is 48.0 Å². The van der Waals surface area contributed by atoms with Crippen LogP contribution in [0, 0.1) is 5.92 Å². The van der Waals surface area contributed by atoms with Gasteiger partial charge in [0.05, 0.1) is 0 Å². The van der Waals surface area contributed by atoms with Crippen LogP contribution in [0.2, 0.25) is 0 Å². The highest BCUT2D eigenvalue weighted by atomic mass is 16.4. The normalized spacial score (nSPS) is 16.5. The van der Waals surface area contributed by atoms with E-state index < -0.39 is 6.09 Å². The largest absolute Gasteiger partial charge is 0.465 e. The van der Waals surface area contributed by atoms with Crippen LogP contribution in [0.25, 0.3) is 10.8 Å². The molecule has 3 rings (SSSR count). The van der Waals surface area contributed by atoms with Gasteiger partial charge in [-0.25, -0.2) is 4.79 Å². The molecule has 0 radical (unpaired) electrons. The van der Waals surface area contributed by atoms with Crippen LogP contribution in [0.1, 0.15) is 24.8 Å². The molecule has 1 saturated heterocycles. The van der Waals surface area contributed by atoms with Crippen LogP contribution in [0.15, 0.2) is 42.5 Å². The summed E-state index contributed by atoms with van der Waals surface area (Å²) in [6.07, 6.45) is 2.36. The minimum absolute atomic E-state index is 0.574. The van der Waals surface area contributed by atoms with Gasteiger partial charge in [-0.05, 0) is 60.7 Å². The van der Waals surface area contributed by atoms with Crippen LogP contribution < -0.4 is 5.32 Å². The fourth-order valence-electron chi connectivity index (χ4n) is 3.41. The van der Waals surface area contributed by atoms with Crippen LogP contribution in [0.4, 0.5) is 4.79 Å². The number of likely N-dealkylation sites (tertiary alicyclic amines) is 1. The molecule has 1 heterocycles. The van der Waals surface area contributed by atoms with Crippen LogP contribution in [0.3, 0.4) is 0 Å². The third kappa shape index (κ3) is 4.45. The first-order valence-corrected chi connectivity index (χ1v) is 8.37. The number of benzene rings is 2. The van der Waals surface area contributed by atoms with Crippen molar-refractivity contribution in [1.82, 2.24) is 10.2 Å². The second kappa shape index (κ2) is 7.47. The van der Waals surface area contributed by atoms with Gasteiger partial charge in [0.15, 0.2) is 0 Å². The summed E-state index contributed by atoms with van der Waals surface area (Å²) >= 11 is 0. The quantitative estimate of drug-likeness (QED) is 0.885. The summed E-state index contributed by atoms with van der Waals surface area (Å²) in [5, 5.41) is 13.7. The van der Waals surface area contributed by atoms with Gasteiger partial charge in [0.2, 0.25) is 0 Å². The zero-order valence-electron chi connectivity index (χ0n) is 13.4. The Balaban J connectivity index is 1.49. The molecule has 0 aliphatic carbocycles. The van der Waals surface area contributed by atoms with E-state index in [9.17, 15) is 4.79 Å².